The molecule has 1 aromatic heterocycles. The van der Waals surface area contributed by atoms with Gasteiger partial charge in [-0.1, -0.05) is 6.07 Å². The van der Waals surface area contributed by atoms with Crippen molar-refractivity contribution in [3.63, 3.8) is 0 Å². The highest BCUT2D eigenvalue weighted by Gasteiger charge is 2.46. The number of aromatic nitrogens is 1. The number of amides is 1. The number of likely N-dealkylation sites (tertiary alicyclic amines) is 1. The van der Waals surface area contributed by atoms with E-state index in [9.17, 15) is 4.79 Å². The van der Waals surface area contributed by atoms with Crippen LogP contribution in [0.15, 0.2) is 18.3 Å². The van der Waals surface area contributed by atoms with Crippen molar-refractivity contribution < 1.29 is 14.3 Å². The van der Waals surface area contributed by atoms with Gasteiger partial charge in [-0.2, -0.15) is 0 Å². The molecule has 0 N–H and O–H groups in total. The van der Waals surface area contributed by atoms with E-state index < -0.39 is 5.60 Å². The van der Waals surface area contributed by atoms with Crippen LogP contribution >= 0.6 is 0 Å². The second-order valence-electron chi connectivity index (χ2n) is 8.52. The second-order valence-corrected chi connectivity index (χ2v) is 8.52. The lowest BCUT2D eigenvalue weighted by atomic mass is 9.90. The van der Waals surface area contributed by atoms with Gasteiger partial charge < -0.3 is 19.3 Å². The van der Waals surface area contributed by atoms with E-state index in [1.807, 2.05) is 27.0 Å². The number of hydrogen-bond acceptors (Lipinski definition) is 5. The van der Waals surface area contributed by atoms with E-state index >= 15 is 0 Å². The highest BCUT2D eigenvalue weighted by molar-refractivity contribution is 5.69. The summed E-state index contributed by atoms with van der Waals surface area (Å²) < 4.78 is 11.3. The Morgan fingerprint density at radius 2 is 2.08 bits per heavy atom. The highest BCUT2D eigenvalue weighted by atomic mass is 16.6. The minimum absolute atomic E-state index is 0.0994. The van der Waals surface area contributed by atoms with E-state index in [1.165, 1.54) is 18.4 Å². The number of hydrogen-bond donors (Lipinski definition) is 0. The van der Waals surface area contributed by atoms with Gasteiger partial charge in [0.15, 0.2) is 0 Å². The molecule has 4 heterocycles. The molecule has 6 nitrogen and oxygen atoms in total. The fourth-order valence-electron chi connectivity index (χ4n) is 3.81. The number of anilines is 1. The molecule has 3 fully saturated rings. The Kier molecular flexibility index (Phi) is 3.90. The summed E-state index contributed by atoms with van der Waals surface area (Å²) in [7, 11) is 0. The van der Waals surface area contributed by atoms with Crippen molar-refractivity contribution in [1.82, 2.24) is 9.88 Å². The standard InChI is InChI=1S/C19H27N3O3/c1-18(2,3)25-17(23)21-10-15(11-21)14-5-6-16(20-9-14)22-12-19(13-22)7-4-8-24-19/h5-6,9,15H,4,7-8,10-13H2,1-3H3. The molecule has 0 bridgehead atoms. The zero-order chi connectivity index (χ0) is 17.7. The molecule has 25 heavy (non-hydrogen) atoms. The smallest absolute Gasteiger partial charge is 0.410 e. The summed E-state index contributed by atoms with van der Waals surface area (Å²) in [6.07, 6.45) is 4.07. The number of nitrogens with zero attached hydrogens (tertiary/aromatic N) is 3. The van der Waals surface area contributed by atoms with Crippen molar-refractivity contribution in [2.45, 2.75) is 50.7 Å². The number of carbonyl (C=O) groups excluding carboxylic acids is 1. The largest absolute Gasteiger partial charge is 0.444 e. The Morgan fingerprint density at radius 1 is 1.32 bits per heavy atom. The van der Waals surface area contributed by atoms with Gasteiger partial charge in [-0.25, -0.2) is 9.78 Å². The van der Waals surface area contributed by atoms with Crippen LogP contribution < -0.4 is 4.90 Å². The number of pyridine rings is 1. The molecule has 0 radical (unpaired) electrons. The van der Waals surface area contributed by atoms with E-state index in [-0.39, 0.29) is 11.7 Å². The number of rotatable bonds is 2. The maximum atomic E-state index is 12.0. The van der Waals surface area contributed by atoms with Crippen molar-refractivity contribution in [3.8, 4) is 0 Å². The third-order valence-electron chi connectivity index (χ3n) is 5.24. The second kappa shape index (κ2) is 5.87. The van der Waals surface area contributed by atoms with Gasteiger partial charge in [0.25, 0.3) is 0 Å². The SMILES string of the molecule is CC(C)(C)OC(=O)N1CC(c2ccc(N3CC4(CCCO4)C3)nc2)C1. The first-order valence-electron chi connectivity index (χ1n) is 9.16. The molecule has 6 heteroatoms. The van der Waals surface area contributed by atoms with E-state index in [1.54, 1.807) is 4.90 Å². The van der Waals surface area contributed by atoms with Crippen LogP contribution in [0.3, 0.4) is 0 Å². The van der Waals surface area contributed by atoms with Crippen LogP contribution in [0.5, 0.6) is 0 Å². The first-order chi connectivity index (χ1) is 11.8. The van der Waals surface area contributed by atoms with E-state index in [4.69, 9.17) is 9.47 Å². The van der Waals surface area contributed by atoms with Crippen LogP contribution in [0.4, 0.5) is 10.6 Å². The van der Waals surface area contributed by atoms with Crippen molar-refractivity contribution in [3.05, 3.63) is 23.9 Å². The fourth-order valence-corrected chi connectivity index (χ4v) is 3.81. The van der Waals surface area contributed by atoms with Crippen LogP contribution in [0.25, 0.3) is 0 Å². The monoisotopic (exact) mass is 345 g/mol. The Hall–Kier alpha value is -1.82. The lowest BCUT2D eigenvalue weighted by molar-refractivity contribution is -0.0184. The summed E-state index contributed by atoms with van der Waals surface area (Å²) in [6, 6.07) is 4.23. The van der Waals surface area contributed by atoms with Gasteiger partial charge in [0.05, 0.1) is 13.1 Å². The van der Waals surface area contributed by atoms with E-state index in [2.05, 4.69) is 22.0 Å². The van der Waals surface area contributed by atoms with E-state index in [0.29, 0.717) is 19.0 Å². The zero-order valence-electron chi connectivity index (χ0n) is 15.3. The van der Waals surface area contributed by atoms with Gasteiger partial charge in [0.2, 0.25) is 0 Å². The van der Waals surface area contributed by atoms with Crippen LogP contribution in [-0.4, -0.2) is 60.0 Å². The third-order valence-corrected chi connectivity index (χ3v) is 5.24. The lowest BCUT2D eigenvalue weighted by Gasteiger charge is -2.47. The van der Waals surface area contributed by atoms with Gasteiger partial charge in [0, 0.05) is 31.8 Å². The van der Waals surface area contributed by atoms with Gasteiger partial charge in [-0.15, -0.1) is 0 Å². The van der Waals surface area contributed by atoms with Crippen LogP contribution in [0.2, 0.25) is 0 Å². The molecule has 1 aromatic rings. The molecule has 0 unspecified atom stereocenters. The maximum absolute atomic E-state index is 12.0. The first-order valence-corrected chi connectivity index (χ1v) is 9.16. The van der Waals surface area contributed by atoms with Crippen LogP contribution in [-0.2, 0) is 9.47 Å². The van der Waals surface area contributed by atoms with Crippen molar-refractivity contribution in [2.75, 3.05) is 37.7 Å². The topological polar surface area (TPSA) is 54.9 Å². The Bertz CT molecular complexity index is 633. The molecule has 3 saturated heterocycles. The quantitative estimate of drug-likeness (QED) is 0.825. The third kappa shape index (κ3) is 3.32. The van der Waals surface area contributed by atoms with Crippen LogP contribution in [0, 0.1) is 0 Å². The minimum atomic E-state index is -0.441. The molecule has 3 aliphatic rings. The molecule has 136 valence electrons. The van der Waals surface area contributed by atoms with Crippen molar-refractivity contribution >= 4 is 11.9 Å². The van der Waals surface area contributed by atoms with E-state index in [0.717, 1.165) is 25.5 Å². The number of ether oxygens (including phenoxy) is 2. The average Bonchev–Trinajstić information content (AvgIpc) is 2.93. The molecule has 1 amide bonds. The molecule has 0 aromatic carbocycles. The summed E-state index contributed by atoms with van der Waals surface area (Å²) in [5, 5.41) is 0. The molecular formula is C19H27N3O3. The lowest BCUT2D eigenvalue weighted by Crippen LogP contribution is -2.61. The Morgan fingerprint density at radius 3 is 2.64 bits per heavy atom. The summed E-state index contributed by atoms with van der Waals surface area (Å²) in [6.45, 7) is 9.89. The minimum Gasteiger partial charge on any atom is -0.444 e. The van der Waals surface area contributed by atoms with Gasteiger partial charge in [-0.3, -0.25) is 0 Å². The van der Waals surface area contributed by atoms with Crippen LogP contribution in [0.1, 0.15) is 45.1 Å². The molecule has 0 saturated carbocycles. The van der Waals surface area contributed by atoms with Gasteiger partial charge in [-0.05, 0) is 45.2 Å². The molecule has 0 atom stereocenters. The normalized spacial score (nSPS) is 22.7. The average molecular weight is 345 g/mol. The summed E-state index contributed by atoms with van der Waals surface area (Å²) in [5.74, 6) is 1.38. The summed E-state index contributed by atoms with van der Waals surface area (Å²) in [5.41, 5.74) is 0.849. The molecular weight excluding hydrogens is 318 g/mol. The fraction of sp³-hybridized carbons (Fsp3) is 0.684. The Labute approximate surface area is 149 Å². The maximum Gasteiger partial charge on any atom is 0.410 e. The van der Waals surface area contributed by atoms with Gasteiger partial charge >= 0.3 is 6.09 Å². The zero-order valence-corrected chi connectivity index (χ0v) is 15.3. The predicted octanol–water partition coefficient (Wildman–Crippen LogP) is 2.79. The molecule has 0 aliphatic carbocycles. The highest BCUT2D eigenvalue weighted by Crippen LogP contribution is 2.37. The molecule has 4 rings (SSSR count). The Balaban J connectivity index is 1.28. The first kappa shape index (κ1) is 16.6. The summed E-state index contributed by atoms with van der Waals surface area (Å²) in [4.78, 5) is 20.7. The molecule has 1 spiro atoms. The van der Waals surface area contributed by atoms with Crippen molar-refractivity contribution in [2.24, 2.45) is 0 Å². The van der Waals surface area contributed by atoms with Crippen molar-refractivity contribution in [1.29, 1.82) is 0 Å². The van der Waals surface area contributed by atoms with Gasteiger partial charge in [0.1, 0.15) is 17.0 Å². The predicted molar refractivity (Wildman–Crippen MR) is 94.9 cm³/mol. The number of carbonyl (C=O) groups is 1. The molecule has 3 aliphatic heterocycles. The summed E-state index contributed by atoms with van der Waals surface area (Å²) >= 11 is 0.